The van der Waals surface area contributed by atoms with Crippen LogP contribution in [0.25, 0.3) is 0 Å². The van der Waals surface area contributed by atoms with E-state index in [-0.39, 0.29) is 13.1 Å². The maximum Gasteiger partial charge on any atom is 0.396 e. The van der Waals surface area contributed by atoms with Gasteiger partial charge in [0.25, 0.3) is 0 Å². The molecule has 76 valence electrons. The van der Waals surface area contributed by atoms with Crippen molar-refractivity contribution in [3.63, 3.8) is 0 Å². The Hall–Kier alpha value is -0.780. The number of carbonyl (C=O) groups is 1. The van der Waals surface area contributed by atoms with Gasteiger partial charge in [-0.2, -0.15) is 13.2 Å². The van der Waals surface area contributed by atoms with Crippen LogP contribution < -0.4 is 5.32 Å². The Balaban J connectivity index is 2.95. The van der Waals surface area contributed by atoms with E-state index in [9.17, 15) is 18.0 Å². The number of carboxylic acids is 1. The Morgan fingerprint density at radius 2 is 2.15 bits per heavy atom. The Labute approximate surface area is 72.9 Å². The Bertz CT molecular complexity index is 228. The molecule has 0 aromatic rings. The van der Waals surface area contributed by atoms with Gasteiger partial charge in [0.2, 0.25) is 0 Å². The molecule has 3 nitrogen and oxygen atoms in total. The molecule has 0 amide bonds. The molecule has 13 heavy (non-hydrogen) atoms. The van der Waals surface area contributed by atoms with Gasteiger partial charge in [0.05, 0.1) is 11.3 Å². The van der Waals surface area contributed by atoms with Gasteiger partial charge >= 0.3 is 12.1 Å². The number of hydrogen-bond acceptors (Lipinski definition) is 2. The lowest BCUT2D eigenvalue weighted by Crippen LogP contribution is -2.44. The summed E-state index contributed by atoms with van der Waals surface area (Å²) in [4.78, 5) is 10.5. The summed E-state index contributed by atoms with van der Waals surface area (Å²) in [6.07, 6.45) is -4.47. The van der Waals surface area contributed by atoms with Crippen molar-refractivity contribution in [1.29, 1.82) is 0 Å². The molecular formula is C7H10F3NO2. The number of alkyl halides is 3. The molecule has 1 fully saturated rings. The molecule has 0 aromatic heterocycles. The number of carboxylic acid groups (broad SMARTS) is 1. The fourth-order valence-electron chi connectivity index (χ4n) is 1.48. The number of hydrogen-bond donors (Lipinski definition) is 2. The van der Waals surface area contributed by atoms with Gasteiger partial charge in [-0.05, 0) is 6.92 Å². The van der Waals surface area contributed by atoms with E-state index in [1.54, 1.807) is 0 Å². The zero-order valence-electron chi connectivity index (χ0n) is 6.98. The summed E-state index contributed by atoms with van der Waals surface area (Å²) in [5.41, 5.74) is -2.14. The highest BCUT2D eigenvalue weighted by Crippen LogP contribution is 2.45. The number of rotatable bonds is 1. The molecular weight excluding hydrogens is 187 g/mol. The van der Waals surface area contributed by atoms with Crippen LogP contribution in [-0.4, -0.2) is 30.3 Å². The van der Waals surface area contributed by atoms with Crippen molar-refractivity contribution in [2.24, 2.45) is 11.3 Å². The number of nitrogens with one attached hydrogen (secondary N) is 1. The van der Waals surface area contributed by atoms with Crippen LogP contribution in [0, 0.1) is 11.3 Å². The molecule has 0 spiro atoms. The van der Waals surface area contributed by atoms with Crippen LogP contribution >= 0.6 is 0 Å². The molecule has 0 aromatic carbocycles. The second kappa shape index (κ2) is 2.87. The molecule has 2 atom stereocenters. The van der Waals surface area contributed by atoms with Gasteiger partial charge in [0.1, 0.15) is 0 Å². The topological polar surface area (TPSA) is 49.3 Å². The van der Waals surface area contributed by atoms with Crippen LogP contribution in [0.2, 0.25) is 0 Å². The zero-order valence-corrected chi connectivity index (χ0v) is 6.98. The molecule has 2 N–H and O–H groups in total. The fourth-order valence-corrected chi connectivity index (χ4v) is 1.48. The molecule has 0 radical (unpaired) electrons. The normalized spacial score (nSPS) is 34.9. The summed E-state index contributed by atoms with van der Waals surface area (Å²) < 4.78 is 37.4. The molecule has 6 heteroatoms. The predicted molar refractivity (Wildman–Crippen MR) is 38.2 cm³/mol. The number of aliphatic carboxylic acids is 1. The third-order valence-corrected chi connectivity index (χ3v) is 2.56. The minimum atomic E-state index is -4.47. The molecule has 0 bridgehead atoms. The predicted octanol–water partition coefficient (Wildman–Crippen LogP) is 0.859. The second-order valence-corrected chi connectivity index (χ2v) is 3.44. The SMILES string of the molecule is C[C@]1(C(F)(F)F)CNC[C@H]1C(=O)O. The molecule has 1 aliphatic heterocycles. The average Bonchev–Trinajstić information content (AvgIpc) is 2.30. The summed E-state index contributed by atoms with van der Waals surface area (Å²) in [6.45, 7) is 0.491. The molecule has 0 saturated carbocycles. The lowest BCUT2D eigenvalue weighted by atomic mass is 9.79. The smallest absolute Gasteiger partial charge is 0.396 e. The summed E-state index contributed by atoms with van der Waals surface area (Å²) in [5, 5.41) is 11.0. The van der Waals surface area contributed by atoms with Gasteiger partial charge < -0.3 is 10.4 Å². The van der Waals surface area contributed by atoms with Crippen LogP contribution in [0.3, 0.4) is 0 Å². The van der Waals surface area contributed by atoms with Gasteiger partial charge in [-0.1, -0.05) is 0 Å². The van der Waals surface area contributed by atoms with Crippen molar-refractivity contribution >= 4 is 5.97 Å². The highest BCUT2D eigenvalue weighted by atomic mass is 19.4. The fraction of sp³-hybridized carbons (Fsp3) is 0.857. The summed E-state index contributed by atoms with van der Waals surface area (Å²) in [6, 6.07) is 0. The van der Waals surface area contributed by atoms with E-state index in [1.165, 1.54) is 0 Å². The van der Waals surface area contributed by atoms with Crippen molar-refractivity contribution in [2.75, 3.05) is 13.1 Å². The summed E-state index contributed by atoms with van der Waals surface area (Å²) >= 11 is 0. The van der Waals surface area contributed by atoms with Gasteiger partial charge in [-0.25, -0.2) is 0 Å². The highest BCUT2D eigenvalue weighted by Gasteiger charge is 2.60. The van der Waals surface area contributed by atoms with Crippen molar-refractivity contribution in [3.05, 3.63) is 0 Å². The van der Waals surface area contributed by atoms with Gasteiger partial charge in [-0.3, -0.25) is 4.79 Å². The van der Waals surface area contributed by atoms with Gasteiger partial charge in [0.15, 0.2) is 0 Å². The molecule has 1 rings (SSSR count). The maximum absolute atomic E-state index is 12.5. The third kappa shape index (κ3) is 1.50. The van der Waals surface area contributed by atoms with Crippen LogP contribution in [-0.2, 0) is 4.79 Å². The quantitative estimate of drug-likeness (QED) is 0.655. The van der Waals surface area contributed by atoms with E-state index < -0.39 is 23.5 Å². The van der Waals surface area contributed by atoms with Crippen LogP contribution in [0.5, 0.6) is 0 Å². The van der Waals surface area contributed by atoms with E-state index >= 15 is 0 Å². The molecule has 1 aliphatic rings. The second-order valence-electron chi connectivity index (χ2n) is 3.44. The molecule has 1 saturated heterocycles. The van der Waals surface area contributed by atoms with E-state index in [0.29, 0.717) is 0 Å². The molecule has 0 unspecified atom stereocenters. The van der Waals surface area contributed by atoms with Gasteiger partial charge in [-0.15, -0.1) is 0 Å². The standard InChI is InChI=1S/C7H10F3NO2/c1-6(7(8,9)10)3-11-2-4(6)5(12)13/h4,11H,2-3H2,1H3,(H,12,13)/t4-,6-/m0/s1. The van der Waals surface area contributed by atoms with Crippen LogP contribution in [0.4, 0.5) is 13.2 Å². The van der Waals surface area contributed by atoms with Crippen molar-refractivity contribution in [1.82, 2.24) is 5.32 Å². The first-order chi connectivity index (χ1) is 5.79. The third-order valence-electron chi connectivity index (χ3n) is 2.56. The Kier molecular flexibility index (Phi) is 2.27. The summed E-state index contributed by atoms with van der Waals surface area (Å²) in [7, 11) is 0. The van der Waals surface area contributed by atoms with Gasteiger partial charge in [0, 0.05) is 13.1 Å². The lowest BCUT2D eigenvalue weighted by molar-refractivity contribution is -0.227. The minimum Gasteiger partial charge on any atom is -0.481 e. The van der Waals surface area contributed by atoms with Crippen molar-refractivity contribution < 1.29 is 23.1 Å². The summed E-state index contributed by atoms with van der Waals surface area (Å²) in [5.74, 6) is -2.78. The first-order valence-corrected chi connectivity index (χ1v) is 3.79. The van der Waals surface area contributed by atoms with Crippen LogP contribution in [0.15, 0.2) is 0 Å². The zero-order chi connectivity index (χ0) is 10.3. The van der Waals surface area contributed by atoms with E-state index in [4.69, 9.17) is 5.11 Å². The average molecular weight is 197 g/mol. The minimum absolute atomic E-state index is 0.120. The number of halogens is 3. The Morgan fingerprint density at radius 3 is 2.46 bits per heavy atom. The van der Waals surface area contributed by atoms with Crippen molar-refractivity contribution in [3.8, 4) is 0 Å². The van der Waals surface area contributed by atoms with E-state index in [1.807, 2.05) is 0 Å². The first kappa shape index (κ1) is 10.3. The monoisotopic (exact) mass is 197 g/mol. The van der Waals surface area contributed by atoms with E-state index in [2.05, 4.69) is 5.32 Å². The lowest BCUT2D eigenvalue weighted by Gasteiger charge is -2.30. The largest absolute Gasteiger partial charge is 0.481 e. The van der Waals surface area contributed by atoms with Crippen molar-refractivity contribution in [2.45, 2.75) is 13.1 Å². The van der Waals surface area contributed by atoms with Crippen LogP contribution in [0.1, 0.15) is 6.92 Å². The maximum atomic E-state index is 12.5. The first-order valence-electron chi connectivity index (χ1n) is 3.79. The molecule has 0 aliphatic carbocycles. The molecule has 1 heterocycles. The Morgan fingerprint density at radius 1 is 1.62 bits per heavy atom. The highest BCUT2D eigenvalue weighted by molar-refractivity contribution is 5.72. The van der Waals surface area contributed by atoms with E-state index in [0.717, 1.165) is 6.92 Å².